The molecular formula is C17H18ClF2N3O2. The van der Waals surface area contributed by atoms with Crippen LogP contribution in [0.5, 0.6) is 0 Å². The van der Waals surface area contributed by atoms with E-state index in [1.807, 2.05) is 0 Å². The molecule has 1 aliphatic carbocycles. The van der Waals surface area contributed by atoms with Crippen molar-refractivity contribution in [1.29, 1.82) is 0 Å². The molecule has 3 rings (SSSR count). The highest BCUT2D eigenvalue weighted by Gasteiger charge is 2.23. The molecule has 134 valence electrons. The molecule has 0 spiro atoms. The predicted molar refractivity (Wildman–Crippen MR) is 92.3 cm³/mol. The maximum absolute atomic E-state index is 14.3. The lowest BCUT2D eigenvalue weighted by Gasteiger charge is -2.19. The van der Waals surface area contributed by atoms with Gasteiger partial charge in [0, 0.05) is 11.3 Å². The molecule has 5 nitrogen and oxygen atoms in total. The fourth-order valence-corrected chi connectivity index (χ4v) is 2.52. The Balaban J connectivity index is 1.83. The second kappa shape index (κ2) is 7.53. The molecule has 0 amide bonds. The number of aliphatic hydroxyl groups is 1. The van der Waals surface area contributed by atoms with E-state index in [2.05, 4.69) is 10.8 Å². The van der Waals surface area contributed by atoms with Gasteiger partial charge in [0.15, 0.2) is 17.9 Å². The monoisotopic (exact) mass is 369 g/mol. The van der Waals surface area contributed by atoms with Crippen molar-refractivity contribution in [2.75, 3.05) is 17.7 Å². The number of hydroxylamine groups is 1. The zero-order chi connectivity index (χ0) is 18.0. The zero-order valence-corrected chi connectivity index (χ0v) is 14.0. The molecule has 25 heavy (non-hydrogen) atoms. The number of halogens is 3. The first-order valence-electron chi connectivity index (χ1n) is 7.81. The average Bonchev–Trinajstić information content (AvgIpc) is 3.38. The molecule has 1 atom stereocenters. The Morgan fingerprint density at radius 1 is 1.28 bits per heavy atom. The van der Waals surface area contributed by atoms with E-state index in [1.165, 1.54) is 18.2 Å². The van der Waals surface area contributed by atoms with Crippen LogP contribution in [0.2, 0.25) is 5.02 Å². The van der Waals surface area contributed by atoms with Crippen molar-refractivity contribution in [3.63, 3.8) is 0 Å². The van der Waals surface area contributed by atoms with Crippen molar-refractivity contribution >= 4 is 28.7 Å². The highest BCUT2D eigenvalue weighted by atomic mass is 35.5. The number of hydrogen-bond donors (Lipinski definition) is 4. The zero-order valence-electron chi connectivity index (χ0n) is 13.2. The van der Waals surface area contributed by atoms with Crippen LogP contribution in [0.4, 0.5) is 25.8 Å². The number of hydrogen-bond acceptors (Lipinski definition) is 5. The molecule has 0 heterocycles. The topological polar surface area (TPSA) is 79.5 Å². The van der Waals surface area contributed by atoms with Crippen LogP contribution in [0.15, 0.2) is 30.3 Å². The summed E-state index contributed by atoms with van der Waals surface area (Å²) in [5.74, 6) is -1.70. The standard InChI is InChI=1S/C17H18ClF2N3O2/c18-12-7-10(21)3-6-14(12)22-16-11(4-5-13(19)15(16)20)17(24)23-25-8-9-1-2-9/h3-7,9,17,22-24H,1-2,8,21H2. The maximum Gasteiger partial charge on any atom is 0.182 e. The van der Waals surface area contributed by atoms with Gasteiger partial charge in [-0.1, -0.05) is 11.6 Å². The van der Waals surface area contributed by atoms with Crippen LogP contribution in [0.3, 0.4) is 0 Å². The third kappa shape index (κ3) is 4.38. The second-order valence-corrected chi connectivity index (χ2v) is 6.37. The van der Waals surface area contributed by atoms with E-state index in [1.54, 1.807) is 6.07 Å². The highest BCUT2D eigenvalue weighted by Crippen LogP contribution is 2.34. The summed E-state index contributed by atoms with van der Waals surface area (Å²) in [6.07, 6.45) is 0.834. The first-order valence-corrected chi connectivity index (χ1v) is 8.19. The van der Waals surface area contributed by atoms with Crippen LogP contribution >= 0.6 is 11.6 Å². The second-order valence-electron chi connectivity index (χ2n) is 5.96. The maximum atomic E-state index is 14.3. The molecule has 5 N–H and O–H groups in total. The molecule has 8 heteroatoms. The van der Waals surface area contributed by atoms with E-state index in [0.717, 1.165) is 18.9 Å². The number of aliphatic hydroxyl groups excluding tert-OH is 1. The van der Waals surface area contributed by atoms with Gasteiger partial charge in [0.05, 0.1) is 23.0 Å². The molecule has 0 aliphatic heterocycles. The van der Waals surface area contributed by atoms with Crippen LogP contribution in [-0.4, -0.2) is 11.7 Å². The minimum Gasteiger partial charge on any atom is -0.399 e. The lowest BCUT2D eigenvalue weighted by molar-refractivity contribution is -0.0620. The lowest BCUT2D eigenvalue weighted by Crippen LogP contribution is -2.23. The van der Waals surface area contributed by atoms with Crippen LogP contribution in [0.1, 0.15) is 24.6 Å². The fraction of sp³-hybridized carbons (Fsp3) is 0.294. The van der Waals surface area contributed by atoms with Crippen LogP contribution < -0.4 is 16.5 Å². The Labute approximate surface area is 148 Å². The van der Waals surface area contributed by atoms with E-state index in [9.17, 15) is 13.9 Å². The molecule has 0 bridgehead atoms. The Hall–Kier alpha value is -1.93. The number of rotatable bonds is 7. The van der Waals surface area contributed by atoms with Crippen molar-refractivity contribution in [2.24, 2.45) is 5.92 Å². The van der Waals surface area contributed by atoms with Crippen LogP contribution in [-0.2, 0) is 4.84 Å². The summed E-state index contributed by atoms with van der Waals surface area (Å²) in [6, 6.07) is 6.79. The molecule has 2 aromatic carbocycles. The summed E-state index contributed by atoms with van der Waals surface area (Å²) in [5.41, 5.74) is 8.68. The molecule has 0 aromatic heterocycles. The Bertz CT molecular complexity index is 772. The molecule has 2 aromatic rings. The number of nitrogens with two attached hydrogens (primary N) is 1. The molecule has 0 saturated heterocycles. The smallest absolute Gasteiger partial charge is 0.182 e. The molecule has 0 radical (unpaired) electrons. The Kier molecular flexibility index (Phi) is 5.39. The number of nitrogen functional groups attached to an aromatic ring is 1. The van der Waals surface area contributed by atoms with Gasteiger partial charge in [-0.2, -0.15) is 5.48 Å². The Morgan fingerprint density at radius 3 is 2.72 bits per heavy atom. The van der Waals surface area contributed by atoms with E-state index in [0.29, 0.717) is 23.9 Å². The highest BCUT2D eigenvalue weighted by molar-refractivity contribution is 6.33. The van der Waals surface area contributed by atoms with E-state index >= 15 is 0 Å². The SMILES string of the molecule is Nc1ccc(Nc2c(C(O)NOCC3CC3)ccc(F)c2F)c(Cl)c1. The van der Waals surface area contributed by atoms with Gasteiger partial charge in [-0.05, 0) is 49.1 Å². The van der Waals surface area contributed by atoms with Gasteiger partial charge in [-0.3, -0.25) is 4.84 Å². The largest absolute Gasteiger partial charge is 0.399 e. The number of benzene rings is 2. The summed E-state index contributed by atoms with van der Waals surface area (Å²) < 4.78 is 27.9. The first kappa shape index (κ1) is 17.9. The summed E-state index contributed by atoms with van der Waals surface area (Å²) in [6.45, 7) is 0.452. The van der Waals surface area contributed by atoms with Crippen molar-refractivity contribution in [1.82, 2.24) is 5.48 Å². The van der Waals surface area contributed by atoms with E-state index < -0.39 is 17.9 Å². The average molecular weight is 370 g/mol. The minimum atomic E-state index is -1.34. The van der Waals surface area contributed by atoms with Gasteiger partial charge in [-0.15, -0.1) is 0 Å². The van der Waals surface area contributed by atoms with E-state index in [4.69, 9.17) is 22.2 Å². The van der Waals surface area contributed by atoms with Gasteiger partial charge in [-0.25, -0.2) is 8.78 Å². The first-order chi connectivity index (χ1) is 12.0. The molecule has 1 saturated carbocycles. The van der Waals surface area contributed by atoms with Gasteiger partial charge in [0.2, 0.25) is 0 Å². The summed E-state index contributed by atoms with van der Waals surface area (Å²) >= 11 is 6.07. The normalized spacial score (nSPS) is 15.2. The van der Waals surface area contributed by atoms with Crippen molar-refractivity contribution < 1.29 is 18.7 Å². The molecule has 1 fully saturated rings. The van der Waals surface area contributed by atoms with Crippen LogP contribution in [0.25, 0.3) is 0 Å². The number of nitrogens with one attached hydrogen (secondary N) is 2. The van der Waals surface area contributed by atoms with Gasteiger partial charge in [0.25, 0.3) is 0 Å². The minimum absolute atomic E-state index is 0.0857. The fourth-order valence-electron chi connectivity index (χ4n) is 2.28. The predicted octanol–water partition coefficient (Wildman–Crippen LogP) is 3.87. The van der Waals surface area contributed by atoms with Crippen LogP contribution in [0, 0.1) is 17.6 Å². The number of anilines is 3. The summed E-state index contributed by atoms with van der Waals surface area (Å²) in [7, 11) is 0. The molecule has 1 aliphatic rings. The van der Waals surface area contributed by atoms with Gasteiger partial charge in [0.1, 0.15) is 0 Å². The molecule has 1 unspecified atom stereocenters. The van der Waals surface area contributed by atoms with Gasteiger partial charge < -0.3 is 16.2 Å². The lowest BCUT2D eigenvalue weighted by atomic mass is 10.1. The summed E-state index contributed by atoms with van der Waals surface area (Å²) in [4.78, 5) is 5.20. The third-order valence-corrected chi connectivity index (χ3v) is 4.20. The summed E-state index contributed by atoms with van der Waals surface area (Å²) in [5, 5.41) is 13.2. The van der Waals surface area contributed by atoms with Crippen molar-refractivity contribution in [3.8, 4) is 0 Å². The van der Waals surface area contributed by atoms with Crippen molar-refractivity contribution in [3.05, 3.63) is 52.6 Å². The Morgan fingerprint density at radius 2 is 2.04 bits per heavy atom. The van der Waals surface area contributed by atoms with E-state index in [-0.39, 0.29) is 16.3 Å². The van der Waals surface area contributed by atoms with Gasteiger partial charge >= 0.3 is 0 Å². The molecular weight excluding hydrogens is 352 g/mol. The van der Waals surface area contributed by atoms with Crippen molar-refractivity contribution in [2.45, 2.75) is 19.1 Å². The third-order valence-electron chi connectivity index (χ3n) is 3.89. The quantitative estimate of drug-likeness (QED) is 0.338.